The van der Waals surface area contributed by atoms with Crippen molar-refractivity contribution < 1.29 is 14.3 Å². The number of benzene rings is 2. The summed E-state index contributed by atoms with van der Waals surface area (Å²) in [5.41, 5.74) is 1.32. The van der Waals surface area contributed by atoms with Crippen molar-refractivity contribution in [2.24, 2.45) is 7.05 Å². The van der Waals surface area contributed by atoms with Crippen LogP contribution in [-0.2, 0) is 16.6 Å². The van der Waals surface area contributed by atoms with Gasteiger partial charge in [-0.25, -0.2) is 0 Å². The van der Waals surface area contributed by atoms with Crippen molar-refractivity contribution >= 4 is 40.9 Å². The fourth-order valence-corrected chi connectivity index (χ4v) is 3.83. The number of thioether (sulfide) groups is 1. The Morgan fingerprint density at radius 2 is 1.87 bits per heavy atom. The molecule has 2 amide bonds. The maximum atomic E-state index is 12.5. The maximum Gasteiger partial charge on any atom is 0.244 e. The smallest absolute Gasteiger partial charge is 0.244 e. The number of methoxy groups -OCH3 is 1. The predicted molar refractivity (Wildman–Crippen MR) is 121 cm³/mol. The number of hydrogen-bond acceptors (Lipinski definition) is 6. The van der Waals surface area contributed by atoms with Gasteiger partial charge in [-0.15, -0.1) is 10.2 Å². The number of nitrogens with zero attached hydrogens (tertiary/aromatic N) is 4. The van der Waals surface area contributed by atoms with Gasteiger partial charge in [0.15, 0.2) is 11.0 Å². The van der Waals surface area contributed by atoms with Crippen molar-refractivity contribution in [3.63, 3.8) is 0 Å². The van der Waals surface area contributed by atoms with Crippen molar-refractivity contribution in [2.45, 2.75) is 5.16 Å². The minimum absolute atomic E-state index is 0.0874. The number of rotatable bonds is 8. The van der Waals surface area contributed by atoms with Crippen LogP contribution in [-0.4, -0.2) is 57.9 Å². The molecular weight excluding hydrogens is 438 g/mol. The number of amides is 2. The summed E-state index contributed by atoms with van der Waals surface area (Å²) in [5, 5.41) is 12.1. The van der Waals surface area contributed by atoms with Crippen LogP contribution in [0.2, 0.25) is 5.02 Å². The van der Waals surface area contributed by atoms with Gasteiger partial charge in [-0.1, -0.05) is 47.6 Å². The van der Waals surface area contributed by atoms with Crippen LogP contribution in [0.5, 0.6) is 5.75 Å². The summed E-state index contributed by atoms with van der Waals surface area (Å²) in [6.07, 6.45) is 0. The lowest BCUT2D eigenvalue weighted by molar-refractivity contribution is -0.131. The second kappa shape index (κ2) is 10.3. The molecule has 0 bridgehead atoms. The van der Waals surface area contributed by atoms with Crippen LogP contribution in [0, 0.1) is 0 Å². The van der Waals surface area contributed by atoms with E-state index in [-0.39, 0.29) is 24.1 Å². The van der Waals surface area contributed by atoms with E-state index in [1.807, 2.05) is 31.3 Å². The molecule has 10 heteroatoms. The lowest BCUT2D eigenvalue weighted by Gasteiger charge is -2.17. The Kier molecular flexibility index (Phi) is 7.54. The normalized spacial score (nSPS) is 10.6. The Balaban J connectivity index is 1.57. The van der Waals surface area contributed by atoms with Gasteiger partial charge < -0.3 is 19.5 Å². The number of para-hydroxylation sites is 2. The van der Waals surface area contributed by atoms with Crippen molar-refractivity contribution in [1.82, 2.24) is 19.7 Å². The fraction of sp³-hybridized carbons (Fsp3) is 0.238. The van der Waals surface area contributed by atoms with Crippen LogP contribution in [0.3, 0.4) is 0 Å². The first-order valence-corrected chi connectivity index (χ1v) is 10.7. The molecule has 0 radical (unpaired) electrons. The summed E-state index contributed by atoms with van der Waals surface area (Å²) in [5.74, 6) is 0.912. The van der Waals surface area contributed by atoms with Crippen molar-refractivity contribution in [3.05, 3.63) is 53.6 Å². The highest BCUT2D eigenvalue weighted by Crippen LogP contribution is 2.30. The van der Waals surface area contributed by atoms with E-state index in [2.05, 4.69) is 15.5 Å². The lowest BCUT2D eigenvalue weighted by Crippen LogP contribution is -2.36. The van der Waals surface area contributed by atoms with E-state index in [4.69, 9.17) is 16.3 Å². The first-order chi connectivity index (χ1) is 14.9. The van der Waals surface area contributed by atoms with E-state index >= 15 is 0 Å². The fourth-order valence-electron chi connectivity index (χ4n) is 2.80. The zero-order valence-corrected chi connectivity index (χ0v) is 18.9. The predicted octanol–water partition coefficient (Wildman–Crippen LogP) is 3.33. The minimum atomic E-state index is -0.328. The SMILES string of the molecule is COc1ccccc1-c1nnc(SCC(=O)N(C)CC(=O)Nc2ccccc2Cl)n1C. The Bertz CT molecular complexity index is 1090. The van der Waals surface area contributed by atoms with Gasteiger partial charge in [0.2, 0.25) is 11.8 Å². The third-order valence-electron chi connectivity index (χ3n) is 4.46. The molecule has 0 fully saturated rings. The van der Waals surface area contributed by atoms with Crippen molar-refractivity contribution in [2.75, 3.05) is 31.8 Å². The zero-order valence-electron chi connectivity index (χ0n) is 17.3. The molecule has 162 valence electrons. The maximum absolute atomic E-state index is 12.5. The number of carbonyl (C=O) groups excluding carboxylic acids is 2. The molecule has 3 rings (SSSR count). The van der Waals surface area contributed by atoms with Gasteiger partial charge in [-0.2, -0.15) is 0 Å². The summed E-state index contributed by atoms with van der Waals surface area (Å²) in [4.78, 5) is 26.1. The molecule has 1 heterocycles. The monoisotopic (exact) mass is 459 g/mol. The molecule has 0 atom stereocenters. The quantitative estimate of drug-likeness (QED) is 0.520. The van der Waals surface area contributed by atoms with E-state index < -0.39 is 0 Å². The second-order valence-corrected chi connectivity index (χ2v) is 7.98. The van der Waals surface area contributed by atoms with Gasteiger partial charge in [0.25, 0.3) is 0 Å². The molecule has 8 nitrogen and oxygen atoms in total. The molecule has 0 saturated heterocycles. The number of likely N-dealkylation sites (N-methyl/N-ethyl adjacent to an activating group) is 1. The van der Waals surface area contributed by atoms with Gasteiger partial charge in [0.1, 0.15) is 5.75 Å². The summed E-state index contributed by atoms with van der Waals surface area (Å²) < 4.78 is 7.19. The molecule has 31 heavy (non-hydrogen) atoms. The van der Waals surface area contributed by atoms with Crippen LogP contribution in [0.4, 0.5) is 5.69 Å². The van der Waals surface area contributed by atoms with Gasteiger partial charge >= 0.3 is 0 Å². The molecule has 1 N–H and O–H groups in total. The van der Waals surface area contributed by atoms with Crippen LogP contribution >= 0.6 is 23.4 Å². The van der Waals surface area contributed by atoms with E-state index in [9.17, 15) is 9.59 Å². The number of aromatic nitrogens is 3. The molecular formula is C21H22ClN5O3S. The van der Waals surface area contributed by atoms with Gasteiger partial charge in [0, 0.05) is 14.1 Å². The highest BCUT2D eigenvalue weighted by Gasteiger charge is 2.18. The first kappa shape index (κ1) is 22.6. The average Bonchev–Trinajstić information content (AvgIpc) is 3.13. The topological polar surface area (TPSA) is 89.4 Å². The van der Waals surface area contributed by atoms with Crippen LogP contribution in [0.25, 0.3) is 11.4 Å². The molecule has 0 spiro atoms. The largest absolute Gasteiger partial charge is 0.496 e. The second-order valence-electron chi connectivity index (χ2n) is 6.63. The minimum Gasteiger partial charge on any atom is -0.496 e. The van der Waals surface area contributed by atoms with Gasteiger partial charge in [-0.3, -0.25) is 9.59 Å². The van der Waals surface area contributed by atoms with Crippen LogP contribution in [0.15, 0.2) is 53.7 Å². The van der Waals surface area contributed by atoms with E-state index in [1.165, 1.54) is 16.7 Å². The molecule has 2 aromatic carbocycles. The highest BCUT2D eigenvalue weighted by atomic mass is 35.5. The number of halogens is 1. The Morgan fingerprint density at radius 3 is 2.61 bits per heavy atom. The van der Waals surface area contributed by atoms with Crippen LogP contribution in [0.1, 0.15) is 0 Å². The summed E-state index contributed by atoms with van der Waals surface area (Å²) >= 11 is 7.29. The number of hydrogen-bond donors (Lipinski definition) is 1. The highest BCUT2D eigenvalue weighted by molar-refractivity contribution is 7.99. The molecule has 0 saturated carbocycles. The Hall–Kier alpha value is -3.04. The standard InChI is InChI=1S/C21H22ClN5O3S/c1-26(12-18(28)23-16-10-6-5-9-15(16)22)19(29)13-31-21-25-24-20(27(21)2)14-8-4-7-11-17(14)30-3/h4-11H,12-13H2,1-3H3,(H,23,28). The van der Waals surface area contributed by atoms with Crippen molar-refractivity contribution in [1.29, 1.82) is 0 Å². The molecule has 1 aromatic heterocycles. The van der Waals surface area contributed by atoms with Crippen molar-refractivity contribution in [3.8, 4) is 17.1 Å². The average molecular weight is 460 g/mol. The lowest BCUT2D eigenvalue weighted by atomic mass is 10.2. The number of ether oxygens (including phenoxy) is 1. The number of carbonyl (C=O) groups is 2. The Morgan fingerprint density at radius 1 is 1.16 bits per heavy atom. The summed E-state index contributed by atoms with van der Waals surface area (Å²) in [7, 11) is 5.00. The van der Waals surface area contributed by atoms with Crippen LogP contribution < -0.4 is 10.1 Å². The zero-order chi connectivity index (χ0) is 22.4. The van der Waals surface area contributed by atoms with Gasteiger partial charge in [-0.05, 0) is 24.3 Å². The van der Waals surface area contributed by atoms with E-state index in [0.717, 1.165) is 5.56 Å². The summed E-state index contributed by atoms with van der Waals surface area (Å²) in [6.45, 7) is -0.0874. The third kappa shape index (κ3) is 5.56. The number of nitrogens with one attached hydrogen (secondary N) is 1. The molecule has 0 aliphatic carbocycles. The molecule has 3 aromatic rings. The van der Waals surface area contributed by atoms with Gasteiger partial charge in [0.05, 0.1) is 35.7 Å². The first-order valence-electron chi connectivity index (χ1n) is 9.34. The third-order valence-corrected chi connectivity index (χ3v) is 5.80. The van der Waals surface area contributed by atoms with E-state index in [0.29, 0.717) is 27.4 Å². The number of anilines is 1. The Labute approximate surface area is 189 Å². The summed E-state index contributed by atoms with van der Waals surface area (Å²) in [6, 6.07) is 14.4. The molecule has 0 aliphatic rings. The van der Waals surface area contributed by atoms with E-state index in [1.54, 1.807) is 43.0 Å². The molecule has 0 unspecified atom stereocenters. The molecule has 0 aliphatic heterocycles.